The Morgan fingerprint density at radius 3 is 2.26 bits per heavy atom. The minimum absolute atomic E-state index is 0.0320. The van der Waals surface area contributed by atoms with Crippen molar-refractivity contribution in [2.45, 2.75) is 0 Å². The molecule has 5 heteroatoms. The predicted octanol–water partition coefficient (Wildman–Crippen LogP) is 3.07. The van der Waals surface area contributed by atoms with Crippen LogP contribution in [0.3, 0.4) is 0 Å². The van der Waals surface area contributed by atoms with Crippen molar-refractivity contribution in [3.63, 3.8) is 0 Å². The van der Waals surface area contributed by atoms with Gasteiger partial charge in [-0.2, -0.15) is 0 Å². The molecule has 0 bridgehead atoms. The maximum atomic E-state index is 12.2. The molecule has 1 fully saturated rings. The molecule has 0 N–H and O–H groups in total. The summed E-state index contributed by atoms with van der Waals surface area (Å²) >= 11 is 5.92. The number of halogens is 1. The number of rotatable bonds is 4. The van der Waals surface area contributed by atoms with E-state index in [1.807, 2.05) is 59.5 Å². The molecule has 23 heavy (non-hydrogen) atoms. The Kier molecular flexibility index (Phi) is 5.03. The summed E-state index contributed by atoms with van der Waals surface area (Å²) in [7, 11) is 0. The topological polar surface area (TPSA) is 32.8 Å². The molecule has 0 spiro atoms. The van der Waals surface area contributed by atoms with Gasteiger partial charge in [0, 0.05) is 36.9 Å². The molecule has 1 saturated heterocycles. The number of piperazine rings is 1. The number of ether oxygens (including phenoxy) is 1. The fourth-order valence-electron chi connectivity index (χ4n) is 2.62. The molecule has 0 aromatic heterocycles. The first kappa shape index (κ1) is 15.7. The Morgan fingerprint density at radius 1 is 0.957 bits per heavy atom. The van der Waals surface area contributed by atoms with Crippen molar-refractivity contribution in [3.8, 4) is 5.75 Å². The van der Waals surface area contributed by atoms with Crippen molar-refractivity contribution >= 4 is 23.2 Å². The summed E-state index contributed by atoms with van der Waals surface area (Å²) in [4.78, 5) is 16.3. The van der Waals surface area contributed by atoms with E-state index in [2.05, 4.69) is 4.90 Å². The van der Waals surface area contributed by atoms with Crippen molar-refractivity contribution in [2.75, 3.05) is 37.7 Å². The second kappa shape index (κ2) is 7.38. The molecule has 1 heterocycles. The van der Waals surface area contributed by atoms with Crippen LogP contribution in [-0.2, 0) is 4.79 Å². The van der Waals surface area contributed by atoms with E-state index in [1.165, 1.54) is 0 Å². The van der Waals surface area contributed by atoms with E-state index >= 15 is 0 Å². The van der Waals surface area contributed by atoms with E-state index in [1.54, 1.807) is 0 Å². The highest BCUT2D eigenvalue weighted by molar-refractivity contribution is 6.30. The van der Waals surface area contributed by atoms with Gasteiger partial charge in [-0.25, -0.2) is 0 Å². The zero-order valence-corrected chi connectivity index (χ0v) is 13.6. The summed E-state index contributed by atoms with van der Waals surface area (Å²) in [5, 5.41) is 0.737. The average molecular weight is 331 g/mol. The lowest BCUT2D eigenvalue weighted by Crippen LogP contribution is -2.50. The highest BCUT2D eigenvalue weighted by Gasteiger charge is 2.21. The third-order valence-corrected chi connectivity index (χ3v) is 4.18. The fourth-order valence-corrected chi connectivity index (χ4v) is 2.75. The quantitative estimate of drug-likeness (QED) is 0.863. The van der Waals surface area contributed by atoms with E-state index < -0.39 is 0 Å². The molecule has 0 aliphatic carbocycles. The summed E-state index contributed by atoms with van der Waals surface area (Å²) in [6.45, 7) is 3.14. The number of para-hydroxylation sites is 1. The summed E-state index contributed by atoms with van der Waals surface area (Å²) in [6.07, 6.45) is 0. The maximum absolute atomic E-state index is 12.2. The molecule has 1 aliphatic heterocycles. The van der Waals surface area contributed by atoms with E-state index in [0.717, 1.165) is 29.5 Å². The van der Waals surface area contributed by atoms with E-state index in [9.17, 15) is 4.79 Å². The average Bonchev–Trinajstić information content (AvgIpc) is 2.61. The summed E-state index contributed by atoms with van der Waals surface area (Å²) in [6, 6.07) is 17.2. The van der Waals surface area contributed by atoms with Gasteiger partial charge in [0.25, 0.3) is 5.91 Å². The van der Waals surface area contributed by atoms with E-state index in [-0.39, 0.29) is 12.5 Å². The zero-order valence-electron chi connectivity index (χ0n) is 12.8. The van der Waals surface area contributed by atoms with Crippen molar-refractivity contribution in [3.05, 3.63) is 59.6 Å². The molecule has 0 radical (unpaired) electrons. The third kappa shape index (κ3) is 4.17. The molecule has 2 aromatic carbocycles. The molecule has 120 valence electrons. The minimum Gasteiger partial charge on any atom is -0.484 e. The molecule has 1 aliphatic rings. The molecule has 0 unspecified atom stereocenters. The van der Waals surface area contributed by atoms with Gasteiger partial charge >= 0.3 is 0 Å². The summed E-state index contributed by atoms with van der Waals surface area (Å²) in [5.41, 5.74) is 1.14. The lowest BCUT2D eigenvalue weighted by molar-refractivity contribution is -0.133. The Hall–Kier alpha value is -2.20. The minimum atomic E-state index is 0.0320. The standard InChI is InChI=1S/C18H19ClN2O2/c19-15-6-8-16(9-7-15)20-10-12-21(13-11-20)18(22)14-23-17-4-2-1-3-5-17/h1-9H,10-14H2. The molecular weight excluding hydrogens is 312 g/mol. The van der Waals surface area contributed by atoms with E-state index in [0.29, 0.717) is 13.1 Å². The second-order valence-corrected chi connectivity index (χ2v) is 5.88. The van der Waals surface area contributed by atoms with Crippen LogP contribution in [0.2, 0.25) is 5.02 Å². The first-order valence-electron chi connectivity index (χ1n) is 7.68. The number of amides is 1. The Labute approximate surface area is 141 Å². The van der Waals surface area contributed by atoms with Crippen LogP contribution in [0, 0.1) is 0 Å². The van der Waals surface area contributed by atoms with Crippen molar-refractivity contribution in [2.24, 2.45) is 0 Å². The Balaban J connectivity index is 1.48. The Morgan fingerprint density at radius 2 is 1.61 bits per heavy atom. The van der Waals surface area contributed by atoms with Gasteiger partial charge in [0.05, 0.1) is 0 Å². The van der Waals surface area contributed by atoms with Crippen LogP contribution >= 0.6 is 11.6 Å². The number of carbonyl (C=O) groups is 1. The number of anilines is 1. The number of nitrogens with zero attached hydrogens (tertiary/aromatic N) is 2. The number of hydrogen-bond donors (Lipinski definition) is 0. The third-order valence-electron chi connectivity index (χ3n) is 3.93. The van der Waals surface area contributed by atoms with Crippen LogP contribution in [0.15, 0.2) is 54.6 Å². The summed E-state index contributed by atoms with van der Waals surface area (Å²) < 4.78 is 5.53. The van der Waals surface area contributed by atoms with Gasteiger partial charge in [0.2, 0.25) is 0 Å². The smallest absolute Gasteiger partial charge is 0.260 e. The number of benzene rings is 2. The highest BCUT2D eigenvalue weighted by atomic mass is 35.5. The number of hydrogen-bond acceptors (Lipinski definition) is 3. The number of carbonyl (C=O) groups excluding carboxylic acids is 1. The van der Waals surface area contributed by atoms with Gasteiger partial charge in [-0.15, -0.1) is 0 Å². The highest BCUT2D eigenvalue weighted by Crippen LogP contribution is 2.19. The van der Waals surface area contributed by atoms with E-state index in [4.69, 9.17) is 16.3 Å². The lowest BCUT2D eigenvalue weighted by Gasteiger charge is -2.36. The van der Waals surface area contributed by atoms with Gasteiger partial charge in [-0.1, -0.05) is 29.8 Å². The summed E-state index contributed by atoms with van der Waals surface area (Å²) in [5.74, 6) is 0.755. The van der Waals surface area contributed by atoms with Crippen LogP contribution in [-0.4, -0.2) is 43.6 Å². The zero-order chi connectivity index (χ0) is 16.1. The van der Waals surface area contributed by atoms with Crippen LogP contribution in [0.5, 0.6) is 5.75 Å². The van der Waals surface area contributed by atoms with Crippen LogP contribution < -0.4 is 9.64 Å². The molecule has 4 nitrogen and oxygen atoms in total. The van der Waals surface area contributed by atoms with Gasteiger partial charge in [-0.05, 0) is 36.4 Å². The monoisotopic (exact) mass is 330 g/mol. The largest absolute Gasteiger partial charge is 0.484 e. The molecular formula is C18H19ClN2O2. The molecule has 2 aromatic rings. The first-order chi connectivity index (χ1) is 11.2. The van der Waals surface area contributed by atoms with Crippen LogP contribution in [0.4, 0.5) is 5.69 Å². The lowest BCUT2D eigenvalue weighted by atomic mass is 10.2. The molecule has 1 amide bonds. The van der Waals surface area contributed by atoms with Crippen LogP contribution in [0.1, 0.15) is 0 Å². The normalized spacial score (nSPS) is 14.7. The predicted molar refractivity (Wildman–Crippen MR) is 92.2 cm³/mol. The molecule has 0 atom stereocenters. The maximum Gasteiger partial charge on any atom is 0.260 e. The molecule has 0 saturated carbocycles. The second-order valence-electron chi connectivity index (χ2n) is 5.45. The fraction of sp³-hybridized carbons (Fsp3) is 0.278. The van der Waals surface area contributed by atoms with Crippen molar-refractivity contribution < 1.29 is 9.53 Å². The molecule has 3 rings (SSSR count). The Bertz CT molecular complexity index is 638. The van der Waals surface area contributed by atoms with Gasteiger partial charge in [-0.3, -0.25) is 4.79 Å². The van der Waals surface area contributed by atoms with Crippen molar-refractivity contribution in [1.82, 2.24) is 4.90 Å². The van der Waals surface area contributed by atoms with Gasteiger partial charge in [0.15, 0.2) is 6.61 Å². The first-order valence-corrected chi connectivity index (χ1v) is 8.06. The van der Waals surface area contributed by atoms with Crippen LogP contribution in [0.25, 0.3) is 0 Å². The van der Waals surface area contributed by atoms with Crippen molar-refractivity contribution in [1.29, 1.82) is 0 Å². The van der Waals surface area contributed by atoms with Gasteiger partial charge < -0.3 is 14.5 Å². The SMILES string of the molecule is O=C(COc1ccccc1)N1CCN(c2ccc(Cl)cc2)CC1. The van der Waals surface area contributed by atoms with Gasteiger partial charge in [0.1, 0.15) is 5.75 Å².